The Labute approximate surface area is 144 Å². The molecule has 0 aliphatic carbocycles. The quantitative estimate of drug-likeness (QED) is 0.662. The molecule has 1 N–H and O–H groups in total. The van der Waals surface area contributed by atoms with Crippen molar-refractivity contribution in [3.05, 3.63) is 28.3 Å². The van der Waals surface area contributed by atoms with Gasteiger partial charge >= 0.3 is 5.69 Å². The highest BCUT2D eigenvalue weighted by atomic mass is 16.1. The average Bonchev–Trinajstić information content (AvgIpc) is 2.40. The minimum Gasteiger partial charge on any atom is -0.357 e. The molecule has 1 heterocycles. The largest absolute Gasteiger partial charge is 0.357 e. The van der Waals surface area contributed by atoms with Gasteiger partial charge in [0, 0.05) is 22.7 Å². The van der Waals surface area contributed by atoms with Crippen molar-refractivity contribution in [2.24, 2.45) is 5.41 Å². The normalized spacial score (nSPS) is 12.9. The highest BCUT2D eigenvalue weighted by Crippen LogP contribution is 2.19. The van der Waals surface area contributed by atoms with Gasteiger partial charge in [-0.1, -0.05) is 20.8 Å². The van der Waals surface area contributed by atoms with E-state index in [0.29, 0.717) is 18.1 Å². The minimum atomic E-state index is -0.445. The van der Waals surface area contributed by atoms with Gasteiger partial charge in [0.25, 0.3) is 0 Å². The van der Waals surface area contributed by atoms with Crippen LogP contribution in [0, 0.1) is 5.41 Å². The van der Waals surface area contributed by atoms with Crippen LogP contribution in [0.1, 0.15) is 47.1 Å². The Morgan fingerprint density at radius 2 is 1.83 bits per heavy atom. The fourth-order valence-corrected chi connectivity index (χ4v) is 1.86. The van der Waals surface area contributed by atoms with E-state index in [0.717, 1.165) is 0 Å². The molecule has 0 spiro atoms. The molecule has 6 nitrogen and oxygen atoms in total. The first kappa shape index (κ1) is 20.1. The van der Waals surface area contributed by atoms with E-state index in [9.17, 15) is 9.59 Å². The van der Waals surface area contributed by atoms with Gasteiger partial charge in [-0.15, -0.1) is 0 Å². The number of anilines is 1. The van der Waals surface area contributed by atoms with Crippen molar-refractivity contribution in [3.8, 4) is 0 Å². The van der Waals surface area contributed by atoms with E-state index in [1.807, 2.05) is 60.5 Å². The molecule has 0 saturated carbocycles. The van der Waals surface area contributed by atoms with Crippen LogP contribution in [-0.2, 0) is 10.3 Å². The van der Waals surface area contributed by atoms with E-state index in [-0.39, 0.29) is 17.0 Å². The molecular formula is C18H30N4O2. The zero-order valence-corrected chi connectivity index (χ0v) is 16.1. The summed E-state index contributed by atoms with van der Waals surface area (Å²) < 4.78 is 1.58. The lowest BCUT2D eigenvalue weighted by Gasteiger charge is -2.23. The molecule has 0 saturated heterocycles. The van der Waals surface area contributed by atoms with Gasteiger partial charge in [0.15, 0.2) is 5.78 Å². The lowest BCUT2D eigenvalue weighted by molar-refractivity contribution is -0.121. The third kappa shape index (κ3) is 5.60. The van der Waals surface area contributed by atoms with Gasteiger partial charge < -0.3 is 5.32 Å². The first-order chi connectivity index (χ1) is 10.8. The second-order valence-electron chi connectivity index (χ2n) is 8.23. The van der Waals surface area contributed by atoms with Crippen LogP contribution in [0.4, 0.5) is 5.82 Å². The highest BCUT2D eigenvalue weighted by molar-refractivity contribution is 5.97. The van der Waals surface area contributed by atoms with Crippen LogP contribution in [0.5, 0.6) is 0 Å². The molecular weight excluding hydrogens is 304 g/mol. The van der Waals surface area contributed by atoms with Gasteiger partial charge in [-0.3, -0.25) is 14.3 Å². The number of allylic oxidation sites excluding steroid dienone is 1. The first-order valence-electron chi connectivity index (χ1n) is 8.07. The minimum absolute atomic E-state index is 0.0227. The van der Waals surface area contributed by atoms with Gasteiger partial charge in [0.05, 0.1) is 6.67 Å². The van der Waals surface area contributed by atoms with Crippen LogP contribution in [0.3, 0.4) is 0 Å². The molecule has 1 aromatic heterocycles. The maximum absolute atomic E-state index is 12.3. The Bertz CT molecular complexity index is 674. The Morgan fingerprint density at radius 3 is 2.29 bits per heavy atom. The third-order valence-corrected chi connectivity index (χ3v) is 3.39. The predicted molar refractivity (Wildman–Crippen MR) is 99.2 cm³/mol. The molecule has 0 fully saturated rings. The highest BCUT2D eigenvalue weighted by Gasteiger charge is 2.20. The van der Waals surface area contributed by atoms with Gasteiger partial charge in [-0.05, 0) is 47.0 Å². The summed E-state index contributed by atoms with van der Waals surface area (Å²) in [6.45, 7) is 12.0. The van der Waals surface area contributed by atoms with Gasteiger partial charge in [-0.25, -0.2) is 4.79 Å². The van der Waals surface area contributed by atoms with E-state index >= 15 is 0 Å². The lowest BCUT2D eigenvalue weighted by Crippen LogP contribution is -2.36. The van der Waals surface area contributed by atoms with Crippen LogP contribution in [0.15, 0.2) is 17.1 Å². The molecule has 6 heteroatoms. The number of carbonyl (C=O) groups is 1. The van der Waals surface area contributed by atoms with Crippen LogP contribution in [0.25, 0.3) is 6.08 Å². The molecule has 0 bridgehead atoms. The molecule has 0 aromatic carbocycles. The van der Waals surface area contributed by atoms with Crippen LogP contribution in [0.2, 0.25) is 0 Å². The smallest absolute Gasteiger partial charge is 0.350 e. The molecule has 24 heavy (non-hydrogen) atoms. The van der Waals surface area contributed by atoms with Gasteiger partial charge in [-0.2, -0.15) is 4.98 Å². The van der Waals surface area contributed by atoms with Gasteiger partial charge in [0.2, 0.25) is 0 Å². The van der Waals surface area contributed by atoms with Crippen LogP contribution >= 0.6 is 0 Å². The zero-order valence-electron chi connectivity index (χ0n) is 16.1. The summed E-state index contributed by atoms with van der Waals surface area (Å²) in [4.78, 5) is 30.5. The fourth-order valence-electron chi connectivity index (χ4n) is 1.86. The summed E-state index contributed by atoms with van der Waals surface area (Å²) in [5.41, 5.74) is -0.438. The van der Waals surface area contributed by atoms with Crippen molar-refractivity contribution in [3.63, 3.8) is 0 Å². The predicted octanol–water partition coefficient (Wildman–Crippen LogP) is 2.56. The van der Waals surface area contributed by atoms with E-state index in [1.54, 1.807) is 22.9 Å². The number of hydrogen-bond acceptors (Lipinski definition) is 5. The van der Waals surface area contributed by atoms with Crippen molar-refractivity contribution in [2.45, 2.75) is 47.1 Å². The summed E-state index contributed by atoms with van der Waals surface area (Å²) in [6, 6.07) is 0. The van der Waals surface area contributed by atoms with Crippen molar-refractivity contribution >= 4 is 17.7 Å². The van der Waals surface area contributed by atoms with Crippen LogP contribution < -0.4 is 11.0 Å². The molecule has 134 valence electrons. The molecule has 0 radical (unpaired) electrons. The number of carbonyl (C=O) groups excluding carboxylic acids is 1. The molecule has 0 unspecified atom stereocenters. The third-order valence-electron chi connectivity index (χ3n) is 3.39. The van der Waals surface area contributed by atoms with Crippen LogP contribution in [-0.4, -0.2) is 41.0 Å². The van der Waals surface area contributed by atoms with Crippen molar-refractivity contribution in [2.75, 3.05) is 26.1 Å². The molecule has 0 atom stereocenters. The Balaban J connectivity index is 3.33. The van der Waals surface area contributed by atoms with E-state index in [4.69, 9.17) is 0 Å². The van der Waals surface area contributed by atoms with Crippen molar-refractivity contribution < 1.29 is 4.79 Å². The molecule has 0 amide bonds. The van der Waals surface area contributed by atoms with E-state index in [2.05, 4.69) is 10.3 Å². The van der Waals surface area contributed by atoms with E-state index < -0.39 is 5.41 Å². The summed E-state index contributed by atoms with van der Waals surface area (Å²) in [7, 11) is 3.84. The summed E-state index contributed by atoms with van der Waals surface area (Å²) in [5.74, 6) is 0.502. The maximum atomic E-state index is 12.3. The summed E-state index contributed by atoms with van der Waals surface area (Å²) in [5, 5.41) is 3.13. The van der Waals surface area contributed by atoms with Crippen molar-refractivity contribution in [1.82, 2.24) is 14.5 Å². The monoisotopic (exact) mass is 334 g/mol. The second kappa shape index (κ2) is 7.30. The first-order valence-corrected chi connectivity index (χ1v) is 8.07. The number of hydrogen-bond donors (Lipinski definition) is 1. The fraction of sp³-hybridized carbons (Fsp3) is 0.611. The molecule has 0 aliphatic rings. The number of aromatic nitrogens is 2. The number of ketones is 1. The average molecular weight is 334 g/mol. The number of nitrogens with zero attached hydrogens (tertiary/aromatic N) is 3. The second-order valence-corrected chi connectivity index (χ2v) is 8.23. The Morgan fingerprint density at radius 1 is 1.25 bits per heavy atom. The Kier molecular flexibility index (Phi) is 6.11. The summed E-state index contributed by atoms with van der Waals surface area (Å²) in [6.07, 6.45) is 5.02. The topological polar surface area (TPSA) is 67.2 Å². The summed E-state index contributed by atoms with van der Waals surface area (Å²) >= 11 is 0. The number of nitrogens with one attached hydrogen (secondary N) is 1. The van der Waals surface area contributed by atoms with E-state index in [1.165, 1.54) is 0 Å². The molecule has 1 rings (SSSR count). The number of rotatable bonds is 5. The lowest BCUT2D eigenvalue weighted by atomic mass is 9.90. The van der Waals surface area contributed by atoms with Gasteiger partial charge in [0.1, 0.15) is 5.82 Å². The maximum Gasteiger partial charge on any atom is 0.350 e. The SMILES string of the molecule is CN(C)CNc1nc(=O)n(C(C)(C)C)cc1/C=C/C(=O)C(C)(C)C. The molecule has 0 aliphatic heterocycles. The Hall–Kier alpha value is -1.95. The zero-order chi connectivity index (χ0) is 18.7. The standard InChI is InChI=1S/C18H30N4O2/c1-17(2,3)14(23)10-9-13-11-22(18(4,5)6)16(24)20-15(13)19-12-21(7)8/h9-11H,12H2,1-8H3,(H,19,20,24)/b10-9+. The molecule has 1 aromatic rings. The van der Waals surface area contributed by atoms with Crippen molar-refractivity contribution in [1.29, 1.82) is 0 Å².